The second-order valence-corrected chi connectivity index (χ2v) is 7.87. The molecule has 0 unspecified atom stereocenters. The van der Waals surface area contributed by atoms with Crippen LogP contribution >= 0.6 is 0 Å². The quantitative estimate of drug-likeness (QED) is 0.252. The normalized spacial score (nSPS) is 17.4. The molecule has 1 aliphatic rings. The van der Waals surface area contributed by atoms with E-state index in [1.165, 1.54) is 11.1 Å². The van der Waals surface area contributed by atoms with Gasteiger partial charge in [-0.15, -0.1) is 0 Å². The Morgan fingerprint density at radius 3 is 2.62 bits per heavy atom. The minimum absolute atomic E-state index is 0.178. The summed E-state index contributed by atoms with van der Waals surface area (Å²) < 4.78 is 10.2. The molecule has 0 saturated carbocycles. The Hall–Kier alpha value is -2.62. The molecule has 4 nitrogen and oxygen atoms in total. The maximum Gasteiger partial charge on any atom is 0.339 e. The number of furan rings is 1. The van der Waals surface area contributed by atoms with Gasteiger partial charge in [-0.25, -0.2) is 4.79 Å². The van der Waals surface area contributed by atoms with Crippen LogP contribution in [0.2, 0.25) is 0 Å². The monoisotopic (exact) mass is 396 g/mol. The fourth-order valence-electron chi connectivity index (χ4n) is 3.14. The summed E-state index contributed by atoms with van der Waals surface area (Å²) in [5.41, 5.74) is 4.01. The third-order valence-corrected chi connectivity index (χ3v) is 5.10. The topological polar surface area (TPSA) is 56.5 Å². The first-order valence-electron chi connectivity index (χ1n) is 10.3. The van der Waals surface area contributed by atoms with E-state index in [0.29, 0.717) is 17.8 Å². The second kappa shape index (κ2) is 11.4. The number of rotatable bonds is 11. The average molecular weight is 397 g/mol. The Morgan fingerprint density at radius 2 is 1.97 bits per heavy atom. The van der Waals surface area contributed by atoms with E-state index in [4.69, 9.17) is 9.15 Å². The van der Waals surface area contributed by atoms with E-state index in [-0.39, 0.29) is 17.7 Å². The van der Waals surface area contributed by atoms with Crippen LogP contribution < -0.4 is 0 Å². The van der Waals surface area contributed by atoms with E-state index >= 15 is 0 Å². The van der Waals surface area contributed by atoms with Crippen LogP contribution in [0.5, 0.6) is 0 Å². The number of carbonyl (C=O) groups is 2. The van der Waals surface area contributed by atoms with Crippen LogP contribution in [0.1, 0.15) is 65.4 Å². The van der Waals surface area contributed by atoms with Crippen molar-refractivity contribution in [1.29, 1.82) is 0 Å². The zero-order chi connectivity index (χ0) is 21.2. The lowest BCUT2D eigenvalue weighted by atomic mass is 9.98. The molecule has 4 heteroatoms. The SMILES string of the molecule is CC1=C/C(=C/[C@H](C)CCC(=O)/C(C)=C/CC/C(C)=C/CCc2ccoc2)OC1=O. The molecule has 2 rings (SSSR count). The lowest BCUT2D eigenvalue weighted by Gasteiger charge is -2.07. The number of ether oxygens (including phenoxy) is 1. The molecule has 1 aliphatic heterocycles. The molecule has 0 aliphatic carbocycles. The lowest BCUT2D eigenvalue weighted by molar-refractivity contribution is -0.133. The number of cyclic esters (lactones) is 1. The van der Waals surface area contributed by atoms with Gasteiger partial charge in [0, 0.05) is 12.0 Å². The zero-order valence-corrected chi connectivity index (χ0v) is 18.0. The molecule has 0 radical (unpaired) electrons. The van der Waals surface area contributed by atoms with Crippen LogP contribution in [-0.4, -0.2) is 11.8 Å². The van der Waals surface area contributed by atoms with Crippen molar-refractivity contribution in [3.05, 3.63) is 70.9 Å². The highest BCUT2D eigenvalue weighted by Gasteiger charge is 2.17. The Kier molecular flexibility index (Phi) is 8.91. The first-order valence-corrected chi connectivity index (χ1v) is 10.3. The van der Waals surface area contributed by atoms with Crippen molar-refractivity contribution in [2.24, 2.45) is 5.92 Å². The Labute approximate surface area is 174 Å². The van der Waals surface area contributed by atoms with E-state index in [1.54, 1.807) is 25.5 Å². The number of hydrogen-bond donors (Lipinski definition) is 0. The summed E-state index contributed by atoms with van der Waals surface area (Å²) in [5, 5.41) is 0. The van der Waals surface area contributed by atoms with Crippen molar-refractivity contribution < 1.29 is 18.7 Å². The molecule has 156 valence electrons. The van der Waals surface area contributed by atoms with Crippen molar-refractivity contribution in [2.45, 2.75) is 66.2 Å². The number of hydrogen-bond acceptors (Lipinski definition) is 4. The number of allylic oxidation sites excluding steroid dienone is 6. The standard InChI is InChI=1S/C25H32O4/c1-18(8-6-10-22-13-14-28-17-22)7-5-9-20(3)24(26)12-11-19(2)15-23-16-21(4)25(27)29-23/h8-9,13-17,19H,5-7,10-12H2,1-4H3/b18-8+,20-9+,23-15-/t19-/m1/s1. The van der Waals surface area contributed by atoms with Gasteiger partial charge >= 0.3 is 5.97 Å². The van der Waals surface area contributed by atoms with Crippen molar-refractivity contribution in [2.75, 3.05) is 0 Å². The van der Waals surface area contributed by atoms with Crippen molar-refractivity contribution in [1.82, 2.24) is 0 Å². The molecule has 0 N–H and O–H groups in total. The van der Waals surface area contributed by atoms with Gasteiger partial charge in [0.2, 0.25) is 0 Å². The summed E-state index contributed by atoms with van der Waals surface area (Å²) in [6.07, 6.45) is 16.5. The number of aryl methyl sites for hydroxylation is 1. The van der Waals surface area contributed by atoms with Gasteiger partial charge in [-0.2, -0.15) is 0 Å². The molecular weight excluding hydrogens is 364 g/mol. The second-order valence-electron chi connectivity index (χ2n) is 7.87. The van der Waals surface area contributed by atoms with Crippen LogP contribution in [0.4, 0.5) is 0 Å². The first-order chi connectivity index (χ1) is 13.8. The van der Waals surface area contributed by atoms with E-state index in [1.807, 2.05) is 32.1 Å². The van der Waals surface area contributed by atoms with Crippen LogP contribution in [0.3, 0.4) is 0 Å². The molecule has 2 heterocycles. The zero-order valence-electron chi connectivity index (χ0n) is 18.0. The maximum absolute atomic E-state index is 12.4. The molecule has 1 atom stereocenters. The predicted octanol–water partition coefficient (Wildman–Crippen LogP) is 6.26. The number of carbonyl (C=O) groups excluding carboxylic acids is 2. The minimum atomic E-state index is -0.288. The van der Waals surface area contributed by atoms with Gasteiger partial charge in [0.15, 0.2) is 5.78 Å². The highest BCUT2D eigenvalue weighted by Crippen LogP contribution is 2.20. The molecule has 0 aromatic carbocycles. The van der Waals surface area contributed by atoms with E-state index in [2.05, 4.69) is 13.0 Å². The Morgan fingerprint density at radius 1 is 1.17 bits per heavy atom. The third kappa shape index (κ3) is 8.10. The van der Waals surface area contributed by atoms with E-state index < -0.39 is 0 Å². The van der Waals surface area contributed by atoms with Gasteiger partial charge in [0.25, 0.3) is 0 Å². The maximum atomic E-state index is 12.4. The van der Waals surface area contributed by atoms with Crippen molar-refractivity contribution in [3.8, 4) is 0 Å². The van der Waals surface area contributed by atoms with Gasteiger partial charge in [0.1, 0.15) is 5.76 Å². The molecule has 0 spiro atoms. The summed E-state index contributed by atoms with van der Waals surface area (Å²) in [4.78, 5) is 23.7. The van der Waals surface area contributed by atoms with E-state index in [9.17, 15) is 9.59 Å². The highest BCUT2D eigenvalue weighted by atomic mass is 16.5. The molecule has 0 saturated heterocycles. The molecule has 29 heavy (non-hydrogen) atoms. The predicted molar refractivity (Wildman–Crippen MR) is 115 cm³/mol. The van der Waals surface area contributed by atoms with Gasteiger partial charge in [-0.1, -0.05) is 24.6 Å². The first kappa shape index (κ1) is 22.7. The third-order valence-electron chi connectivity index (χ3n) is 5.10. The fourth-order valence-corrected chi connectivity index (χ4v) is 3.14. The summed E-state index contributed by atoms with van der Waals surface area (Å²) >= 11 is 0. The molecule has 1 aromatic rings. The van der Waals surface area contributed by atoms with Crippen LogP contribution in [0.25, 0.3) is 0 Å². The van der Waals surface area contributed by atoms with E-state index in [0.717, 1.165) is 37.7 Å². The van der Waals surface area contributed by atoms with Gasteiger partial charge < -0.3 is 9.15 Å². The summed E-state index contributed by atoms with van der Waals surface area (Å²) in [6, 6.07) is 2.00. The van der Waals surface area contributed by atoms with Crippen LogP contribution in [-0.2, 0) is 20.7 Å². The highest BCUT2D eigenvalue weighted by molar-refractivity contribution is 5.94. The number of ketones is 1. The van der Waals surface area contributed by atoms with Crippen molar-refractivity contribution in [3.63, 3.8) is 0 Å². The summed E-state index contributed by atoms with van der Waals surface area (Å²) in [7, 11) is 0. The Bertz CT molecular complexity index is 819. The summed E-state index contributed by atoms with van der Waals surface area (Å²) in [5.74, 6) is 0.669. The molecular formula is C25H32O4. The smallest absolute Gasteiger partial charge is 0.339 e. The lowest BCUT2D eigenvalue weighted by Crippen LogP contribution is -2.03. The van der Waals surface area contributed by atoms with Gasteiger partial charge in [0.05, 0.1) is 12.5 Å². The largest absolute Gasteiger partial charge is 0.472 e. The fraction of sp³-hybridized carbons (Fsp3) is 0.440. The average Bonchev–Trinajstić information content (AvgIpc) is 3.29. The molecule has 1 aromatic heterocycles. The van der Waals surface area contributed by atoms with Crippen molar-refractivity contribution >= 4 is 11.8 Å². The summed E-state index contributed by atoms with van der Waals surface area (Å²) in [6.45, 7) is 7.81. The molecule has 0 amide bonds. The van der Waals surface area contributed by atoms with Crippen LogP contribution in [0, 0.1) is 5.92 Å². The van der Waals surface area contributed by atoms with Gasteiger partial charge in [-0.3, -0.25) is 4.79 Å². The van der Waals surface area contributed by atoms with Crippen LogP contribution in [0.15, 0.2) is 69.8 Å². The molecule has 0 fully saturated rings. The minimum Gasteiger partial charge on any atom is -0.472 e. The number of Topliss-reactive ketones (excluding diaryl/α,β-unsaturated/α-hetero) is 1. The molecule has 0 bridgehead atoms. The number of esters is 1. The van der Waals surface area contributed by atoms with Gasteiger partial charge in [-0.05, 0) is 88.1 Å². The Balaban J connectivity index is 1.68.